The van der Waals surface area contributed by atoms with Crippen molar-refractivity contribution in [1.82, 2.24) is 5.43 Å². The molecule has 92 valence electrons. The van der Waals surface area contributed by atoms with Gasteiger partial charge in [0.1, 0.15) is 0 Å². The molecule has 1 aromatic rings. The average Bonchev–Trinajstić information content (AvgIpc) is 2.90. The van der Waals surface area contributed by atoms with Crippen LogP contribution in [0, 0.1) is 0 Å². The molecular formula is C12H16N2O3. The zero-order chi connectivity index (χ0) is 12.3. The third-order valence-corrected chi connectivity index (χ3v) is 2.60. The normalized spacial score (nSPS) is 13.5. The topological polar surface area (TPSA) is 43.0 Å². The first-order valence-electron chi connectivity index (χ1n) is 5.29. The van der Waals surface area contributed by atoms with E-state index in [9.17, 15) is 0 Å². The molecule has 1 aromatic carbocycles. The first-order valence-corrected chi connectivity index (χ1v) is 5.29. The van der Waals surface area contributed by atoms with E-state index >= 15 is 0 Å². The molecular weight excluding hydrogens is 220 g/mol. The van der Waals surface area contributed by atoms with Crippen LogP contribution in [-0.2, 0) is 0 Å². The Hall–Kier alpha value is -2.04. The molecule has 2 rings (SSSR count). The zero-order valence-electron chi connectivity index (χ0n) is 10.2. The van der Waals surface area contributed by atoms with Gasteiger partial charge >= 0.3 is 0 Å². The highest BCUT2D eigenvalue weighted by Gasteiger charge is 2.16. The van der Waals surface area contributed by atoms with Crippen LogP contribution in [-0.4, -0.2) is 27.9 Å². The maximum Gasteiger partial charge on any atom is 0.203 e. The summed E-state index contributed by atoms with van der Waals surface area (Å²) >= 11 is 0. The van der Waals surface area contributed by atoms with E-state index in [1.165, 1.54) is 0 Å². The van der Waals surface area contributed by atoms with Crippen LogP contribution in [0.1, 0.15) is 0 Å². The van der Waals surface area contributed by atoms with Crippen molar-refractivity contribution in [2.45, 2.75) is 0 Å². The molecule has 0 atom stereocenters. The van der Waals surface area contributed by atoms with Gasteiger partial charge in [-0.3, -0.25) is 5.01 Å². The third-order valence-electron chi connectivity index (χ3n) is 2.60. The van der Waals surface area contributed by atoms with Crippen molar-refractivity contribution >= 4 is 5.69 Å². The Labute approximate surface area is 101 Å². The summed E-state index contributed by atoms with van der Waals surface area (Å²) in [6, 6.07) is 3.81. The number of methoxy groups -OCH3 is 3. The lowest BCUT2D eigenvalue weighted by Crippen LogP contribution is -2.29. The molecule has 1 aliphatic heterocycles. The Balaban J connectivity index is 2.40. The lowest BCUT2D eigenvalue weighted by molar-refractivity contribution is 0.324. The minimum Gasteiger partial charge on any atom is -0.493 e. The van der Waals surface area contributed by atoms with Gasteiger partial charge in [0.05, 0.1) is 33.6 Å². The van der Waals surface area contributed by atoms with Gasteiger partial charge in [-0.2, -0.15) is 0 Å². The van der Waals surface area contributed by atoms with Crippen LogP contribution in [0.4, 0.5) is 5.69 Å². The summed E-state index contributed by atoms with van der Waals surface area (Å²) in [5.74, 6) is 1.90. The zero-order valence-corrected chi connectivity index (χ0v) is 10.2. The van der Waals surface area contributed by atoms with E-state index in [-0.39, 0.29) is 0 Å². The molecule has 0 fully saturated rings. The molecule has 0 spiro atoms. The van der Waals surface area contributed by atoms with Crippen LogP contribution >= 0.6 is 0 Å². The van der Waals surface area contributed by atoms with Gasteiger partial charge in [0.15, 0.2) is 11.5 Å². The number of nitrogens with zero attached hydrogens (tertiary/aromatic N) is 1. The second kappa shape index (κ2) is 4.86. The van der Waals surface area contributed by atoms with Crippen molar-refractivity contribution in [3.05, 3.63) is 24.4 Å². The van der Waals surface area contributed by atoms with Crippen molar-refractivity contribution in [3.63, 3.8) is 0 Å². The number of hydrogen-bond acceptors (Lipinski definition) is 5. The van der Waals surface area contributed by atoms with Crippen molar-refractivity contribution in [2.75, 3.05) is 32.9 Å². The molecule has 0 saturated heterocycles. The Kier molecular flexibility index (Phi) is 3.27. The lowest BCUT2D eigenvalue weighted by Gasteiger charge is -2.21. The summed E-state index contributed by atoms with van der Waals surface area (Å²) in [7, 11) is 4.81. The Bertz CT molecular complexity index is 399. The van der Waals surface area contributed by atoms with E-state index in [0.29, 0.717) is 17.2 Å². The van der Waals surface area contributed by atoms with Crippen molar-refractivity contribution in [3.8, 4) is 17.2 Å². The van der Waals surface area contributed by atoms with Gasteiger partial charge in [-0.1, -0.05) is 0 Å². The fraction of sp³-hybridized carbons (Fsp3) is 0.333. The van der Waals surface area contributed by atoms with Gasteiger partial charge in [-0.25, -0.2) is 0 Å². The number of ether oxygens (including phenoxy) is 3. The SMILES string of the molecule is COc1cc(N2CC=CN2)cc(OC)c1OC. The van der Waals surface area contributed by atoms with Crippen molar-refractivity contribution < 1.29 is 14.2 Å². The molecule has 5 heteroatoms. The van der Waals surface area contributed by atoms with Crippen LogP contribution in [0.5, 0.6) is 17.2 Å². The largest absolute Gasteiger partial charge is 0.493 e. The van der Waals surface area contributed by atoms with Gasteiger partial charge in [-0.15, -0.1) is 0 Å². The smallest absolute Gasteiger partial charge is 0.203 e. The maximum absolute atomic E-state index is 5.30. The molecule has 0 bridgehead atoms. The van der Waals surface area contributed by atoms with Crippen LogP contribution in [0.2, 0.25) is 0 Å². The molecule has 5 nitrogen and oxygen atoms in total. The fourth-order valence-electron chi connectivity index (χ4n) is 1.76. The number of benzene rings is 1. The van der Waals surface area contributed by atoms with Gasteiger partial charge in [0, 0.05) is 18.3 Å². The van der Waals surface area contributed by atoms with Gasteiger partial charge < -0.3 is 19.6 Å². The highest BCUT2D eigenvalue weighted by molar-refractivity contribution is 5.63. The van der Waals surface area contributed by atoms with E-state index in [4.69, 9.17) is 14.2 Å². The van der Waals surface area contributed by atoms with E-state index in [1.54, 1.807) is 21.3 Å². The standard InChI is InChI=1S/C12H16N2O3/c1-15-10-7-9(14-6-4-5-13-14)8-11(16-2)12(10)17-3/h4-5,7-8,13H,6H2,1-3H3. The molecule has 1 N–H and O–H groups in total. The summed E-state index contributed by atoms with van der Waals surface area (Å²) < 4.78 is 15.9. The van der Waals surface area contributed by atoms with E-state index in [1.807, 2.05) is 29.4 Å². The minimum absolute atomic E-state index is 0.603. The maximum atomic E-state index is 5.30. The highest BCUT2D eigenvalue weighted by Crippen LogP contribution is 2.40. The summed E-state index contributed by atoms with van der Waals surface area (Å²) in [5.41, 5.74) is 4.08. The predicted molar refractivity (Wildman–Crippen MR) is 65.7 cm³/mol. The molecule has 17 heavy (non-hydrogen) atoms. The summed E-state index contributed by atoms with van der Waals surface area (Å²) in [6.45, 7) is 0.804. The van der Waals surface area contributed by atoms with Crippen LogP contribution in [0.25, 0.3) is 0 Å². The monoisotopic (exact) mass is 236 g/mol. The fourth-order valence-corrected chi connectivity index (χ4v) is 1.76. The summed E-state index contributed by atoms with van der Waals surface area (Å²) in [6.07, 6.45) is 3.92. The molecule has 0 unspecified atom stereocenters. The first-order chi connectivity index (χ1) is 8.30. The number of rotatable bonds is 4. The molecule has 0 radical (unpaired) electrons. The predicted octanol–water partition coefficient (Wildman–Crippen LogP) is 1.55. The quantitative estimate of drug-likeness (QED) is 0.859. The third kappa shape index (κ3) is 2.08. The summed E-state index contributed by atoms with van der Waals surface area (Å²) in [4.78, 5) is 0. The highest BCUT2D eigenvalue weighted by atomic mass is 16.5. The van der Waals surface area contributed by atoms with E-state index in [2.05, 4.69) is 5.43 Å². The van der Waals surface area contributed by atoms with Crippen LogP contribution < -0.4 is 24.6 Å². The number of hydrazine groups is 1. The lowest BCUT2D eigenvalue weighted by atomic mass is 10.2. The van der Waals surface area contributed by atoms with Gasteiger partial charge in [0.2, 0.25) is 5.75 Å². The van der Waals surface area contributed by atoms with Crippen molar-refractivity contribution in [2.24, 2.45) is 0 Å². The Morgan fingerprint density at radius 3 is 2.12 bits per heavy atom. The number of hydrogen-bond donors (Lipinski definition) is 1. The summed E-state index contributed by atoms with van der Waals surface area (Å²) in [5, 5.41) is 1.98. The molecule has 0 aliphatic carbocycles. The first kappa shape index (κ1) is 11.4. The van der Waals surface area contributed by atoms with E-state index in [0.717, 1.165) is 12.2 Å². The van der Waals surface area contributed by atoms with E-state index < -0.39 is 0 Å². The molecule has 1 aliphatic rings. The number of nitrogens with one attached hydrogen (secondary N) is 1. The van der Waals surface area contributed by atoms with Crippen molar-refractivity contribution in [1.29, 1.82) is 0 Å². The Morgan fingerprint density at radius 2 is 1.71 bits per heavy atom. The van der Waals surface area contributed by atoms with Gasteiger partial charge in [0.25, 0.3) is 0 Å². The second-order valence-electron chi connectivity index (χ2n) is 3.53. The molecule has 1 heterocycles. The Morgan fingerprint density at radius 1 is 1.06 bits per heavy atom. The van der Waals surface area contributed by atoms with Gasteiger partial charge in [-0.05, 0) is 6.08 Å². The molecule has 0 aromatic heterocycles. The number of anilines is 1. The minimum atomic E-state index is 0.603. The molecule has 0 saturated carbocycles. The van der Waals surface area contributed by atoms with Crippen LogP contribution in [0.15, 0.2) is 24.4 Å². The van der Waals surface area contributed by atoms with Crippen LogP contribution in [0.3, 0.4) is 0 Å². The average molecular weight is 236 g/mol. The molecule has 0 amide bonds. The second-order valence-corrected chi connectivity index (χ2v) is 3.53.